The molecular formula is C11H14S5. The lowest BCUT2D eigenvalue weighted by atomic mass is 10.0. The molecule has 0 heterocycles. The quantitative estimate of drug-likeness (QED) is 0.451. The molecule has 2 atom stereocenters. The lowest BCUT2D eigenvalue weighted by Gasteiger charge is -2.18. The summed E-state index contributed by atoms with van der Waals surface area (Å²) in [5.41, 5.74) is 2.19. The largest absolute Gasteiger partial charge is 0.166 e. The van der Waals surface area contributed by atoms with Crippen molar-refractivity contribution in [1.82, 2.24) is 0 Å². The summed E-state index contributed by atoms with van der Waals surface area (Å²) < 4.78 is 0. The van der Waals surface area contributed by atoms with E-state index in [-0.39, 0.29) is 10.5 Å². The van der Waals surface area contributed by atoms with Gasteiger partial charge in [0.05, 0.1) is 10.5 Å². The highest BCUT2D eigenvalue weighted by Gasteiger charge is 2.29. The minimum absolute atomic E-state index is 0.0684. The number of thiol groups is 4. The Morgan fingerprint density at radius 2 is 1.56 bits per heavy atom. The minimum atomic E-state index is -0.129. The third-order valence-electron chi connectivity index (χ3n) is 2.50. The molecule has 0 aromatic rings. The van der Waals surface area contributed by atoms with E-state index in [1.807, 2.05) is 0 Å². The summed E-state index contributed by atoms with van der Waals surface area (Å²) in [4.78, 5) is 2.36. The van der Waals surface area contributed by atoms with Crippen LogP contribution in [0.1, 0.15) is 12.8 Å². The summed E-state index contributed by atoms with van der Waals surface area (Å²) in [6, 6.07) is 0. The van der Waals surface area contributed by atoms with Crippen LogP contribution < -0.4 is 0 Å². The lowest BCUT2D eigenvalue weighted by Crippen LogP contribution is -2.13. The van der Waals surface area contributed by atoms with Crippen molar-refractivity contribution in [1.29, 1.82) is 0 Å². The Balaban J connectivity index is 3.14. The molecule has 0 saturated carbocycles. The second-order valence-electron chi connectivity index (χ2n) is 3.65. The molecule has 1 aliphatic rings. The van der Waals surface area contributed by atoms with Gasteiger partial charge in [-0.2, -0.15) is 25.3 Å². The van der Waals surface area contributed by atoms with E-state index in [0.717, 1.165) is 33.8 Å². The Labute approximate surface area is 124 Å². The van der Waals surface area contributed by atoms with E-state index in [2.05, 4.69) is 63.7 Å². The first-order chi connectivity index (χ1) is 7.36. The molecule has 0 aliphatic heterocycles. The molecule has 5 heteroatoms. The lowest BCUT2D eigenvalue weighted by molar-refractivity contribution is 1.01. The van der Waals surface area contributed by atoms with Gasteiger partial charge in [-0.1, -0.05) is 25.4 Å². The van der Waals surface area contributed by atoms with Crippen molar-refractivity contribution >= 4 is 67.6 Å². The Hall–Kier alpha value is 0.710. The van der Waals surface area contributed by atoms with Crippen LogP contribution in [0.15, 0.2) is 34.1 Å². The molecule has 0 fully saturated rings. The maximum atomic E-state index is 5.35. The highest BCUT2D eigenvalue weighted by atomic mass is 32.1. The van der Waals surface area contributed by atoms with E-state index < -0.39 is 0 Å². The van der Waals surface area contributed by atoms with Crippen molar-refractivity contribution in [2.24, 2.45) is 0 Å². The average Bonchev–Trinajstić information content (AvgIpc) is 2.57. The predicted octanol–water partition coefficient (Wildman–Crippen LogP) is 3.93. The smallest absolute Gasteiger partial charge is 0.0578 e. The Morgan fingerprint density at radius 1 is 1.06 bits per heavy atom. The zero-order chi connectivity index (χ0) is 12.5. The molecule has 88 valence electrons. The van der Waals surface area contributed by atoms with Crippen molar-refractivity contribution in [3.8, 4) is 0 Å². The number of hydrogen-bond acceptors (Lipinski definition) is 5. The van der Waals surface area contributed by atoms with Gasteiger partial charge in [-0.05, 0) is 33.8 Å². The van der Waals surface area contributed by atoms with Crippen molar-refractivity contribution in [2.45, 2.75) is 23.3 Å². The second kappa shape index (κ2) is 6.05. The summed E-state index contributed by atoms with van der Waals surface area (Å²) >= 11 is 22.8. The van der Waals surface area contributed by atoms with Crippen LogP contribution in [0.4, 0.5) is 0 Å². The van der Waals surface area contributed by atoms with Gasteiger partial charge in [0.1, 0.15) is 0 Å². The normalized spacial score (nSPS) is 19.9. The highest BCUT2D eigenvalue weighted by Crippen LogP contribution is 2.38. The van der Waals surface area contributed by atoms with Crippen LogP contribution in [0, 0.1) is 0 Å². The predicted molar refractivity (Wildman–Crippen MR) is 90.7 cm³/mol. The monoisotopic (exact) mass is 306 g/mol. The van der Waals surface area contributed by atoms with Gasteiger partial charge in [0.25, 0.3) is 0 Å². The molecule has 1 rings (SSSR count). The zero-order valence-electron chi connectivity index (χ0n) is 8.68. The number of rotatable bonds is 4. The molecule has 1 aliphatic carbocycles. The maximum absolute atomic E-state index is 5.35. The van der Waals surface area contributed by atoms with E-state index in [1.165, 1.54) is 0 Å². The molecule has 0 bridgehead atoms. The second-order valence-corrected chi connectivity index (χ2v) is 6.32. The minimum Gasteiger partial charge on any atom is -0.166 e. The summed E-state index contributed by atoms with van der Waals surface area (Å²) in [5.74, 6) is 0. The fraction of sp³-hybridized carbons (Fsp3) is 0.364. The van der Waals surface area contributed by atoms with Crippen molar-refractivity contribution in [3.05, 3.63) is 34.1 Å². The van der Waals surface area contributed by atoms with E-state index in [1.54, 1.807) is 0 Å². The van der Waals surface area contributed by atoms with Gasteiger partial charge in [-0.3, -0.25) is 0 Å². The molecule has 0 aromatic carbocycles. The van der Waals surface area contributed by atoms with Crippen LogP contribution in [-0.4, -0.2) is 15.4 Å². The fourth-order valence-corrected chi connectivity index (χ4v) is 2.99. The SMILES string of the molecule is C=C(S)C(S)C1=C(C(S)C(=C)S)C(=S)CC1. The zero-order valence-corrected chi connectivity index (χ0v) is 13.1. The summed E-state index contributed by atoms with van der Waals surface area (Å²) in [6.07, 6.45) is 1.77. The molecule has 0 nitrogen and oxygen atoms in total. The van der Waals surface area contributed by atoms with Crippen LogP contribution in [0.5, 0.6) is 0 Å². The first-order valence-corrected chi connectivity index (χ1v) is 7.07. The highest BCUT2D eigenvalue weighted by molar-refractivity contribution is 7.88. The van der Waals surface area contributed by atoms with Gasteiger partial charge >= 0.3 is 0 Å². The molecule has 0 radical (unpaired) electrons. The van der Waals surface area contributed by atoms with E-state index >= 15 is 0 Å². The van der Waals surface area contributed by atoms with Gasteiger partial charge in [0.15, 0.2) is 0 Å². The summed E-state index contributed by atoms with van der Waals surface area (Å²) in [5, 5.41) is -0.197. The van der Waals surface area contributed by atoms with E-state index in [0.29, 0.717) is 4.91 Å². The molecule has 0 saturated heterocycles. The number of hydrogen-bond donors (Lipinski definition) is 4. The van der Waals surface area contributed by atoms with Crippen molar-refractivity contribution in [3.63, 3.8) is 0 Å². The van der Waals surface area contributed by atoms with Crippen LogP contribution in [0.3, 0.4) is 0 Å². The third-order valence-corrected chi connectivity index (χ3v) is 5.04. The van der Waals surface area contributed by atoms with Gasteiger partial charge in [-0.15, -0.1) is 25.3 Å². The first kappa shape index (κ1) is 14.8. The van der Waals surface area contributed by atoms with Gasteiger partial charge < -0.3 is 0 Å². The topological polar surface area (TPSA) is 0 Å². The van der Waals surface area contributed by atoms with Gasteiger partial charge in [-0.25, -0.2) is 0 Å². The first-order valence-electron chi connectivity index (χ1n) is 4.74. The molecule has 0 amide bonds. The fourth-order valence-electron chi connectivity index (χ4n) is 1.68. The van der Waals surface area contributed by atoms with Crippen molar-refractivity contribution < 1.29 is 0 Å². The van der Waals surface area contributed by atoms with Gasteiger partial charge in [0, 0.05) is 4.86 Å². The number of thiocarbonyl (C=S) groups is 1. The molecule has 0 aromatic heterocycles. The Bertz CT molecular complexity index is 380. The van der Waals surface area contributed by atoms with Crippen LogP contribution in [0.25, 0.3) is 0 Å². The molecule has 16 heavy (non-hydrogen) atoms. The summed E-state index contributed by atoms with van der Waals surface area (Å²) in [6.45, 7) is 7.61. The molecule has 2 unspecified atom stereocenters. The molecular weight excluding hydrogens is 292 g/mol. The van der Waals surface area contributed by atoms with Crippen LogP contribution in [-0.2, 0) is 0 Å². The van der Waals surface area contributed by atoms with E-state index in [9.17, 15) is 0 Å². The van der Waals surface area contributed by atoms with Crippen molar-refractivity contribution in [2.75, 3.05) is 0 Å². The maximum Gasteiger partial charge on any atom is 0.0578 e. The van der Waals surface area contributed by atoms with Gasteiger partial charge in [0.2, 0.25) is 0 Å². The van der Waals surface area contributed by atoms with Crippen LogP contribution >= 0.6 is 62.7 Å². The molecule has 0 N–H and O–H groups in total. The van der Waals surface area contributed by atoms with Crippen LogP contribution in [0.2, 0.25) is 0 Å². The Morgan fingerprint density at radius 3 is 2.00 bits per heavy atom. The Kier molecular flexibility index (Phi) is 5.58. The standard InChI is InChI=1S/C11H14S5/c1-5(12)10(15)7-3-4-8(14)9(7)11(16)6(2)13/h10-13,15-16H,1-4H2. The third kappa shape index (κ3) is 3.13. The summed E-state index contributed by atoms with van der Waals surface area (Å²) in [7, 11) is 0. The molecule has 0 spiro atoms. The average molecular weight is 307 g/mol. The van der Waals surface area contributed by atoms with E-state index in [4.69, 9.17) is 12.2 Å².